The van der Waals surface area contributed by atoms with Gasteiger partial charge in [-0.1, -0.05) is 6.92 Å². The van der Waals surface area contributed by atoms with Crippen molar-refractivity contribution < 1.29 is 14.3 Å². The molecule has 0 aromatic carbocycles. The van der Waals surface area contributed by atoms with E-state index >= 15 is 0 Å². The van der Waals surface area contributed by atoms with E-state index in [2.05, 4.69) is 17.2 Å². The van der Waals surface area contributed by atoms with Gasteiger partial charge in [0.05, 0.1) is 12.3 Å². The average molecular weight is 348 g/mol. The first-order valence-corrected chi connectivity index (χ1v) is 9.27. The van der Waals surface area contributed by atoms with Crippen molar-refractivity contribution in [1.29, 1.82) is 0 Å². The highest BCUT2D eigenvalue weighted by atomic mass is 16.5. The van der Waals surface area contributed by atoms with Crippen molar-refractivity contribution in [3.8, 4) is 0 Å². The minimum atomic E-state index is -0.214. The van der Waals surface area contributed by atoms with Crippen LogP contribution in [0.15, 0.2) is 0 Å². The summed E-state index contributed by atoms with van der Waals surface area (Å²) < 4.78 is 6.94. The SMILES string of the molecule is COCCNC(=O)c1nc(C(=O)N2CCC(C)CC2)n2c1CCCC2. The molecule has 0 unspecified atom stereocenters. The van der Waals surface area contributed by atoms with Crippen molar-refractivity contribution in [3.05, 3.63) is 17.2 Å². The number of hydrogen-bond acceptors (Lipinski definition) is 4. The van der Waals surface area contributed by atoms with E-state index in [1.807, 2.05) is 9.47 Å². The molecule has 138 valence electrons. The highest BCUT2D eigenvalue weighted by molar-refractivity contribution is 5.97. The van der Waals surface area contributed by atoms with E-state index in [1.165, 1.54) is 0 Å². The number of imidazole rings is 1. The van der Waals surface area contributed by atoms with E-state index in [4.69, 9.17) is 4.74 Å². The Morgan fingerprint density at radius 3 is 2.72 bits per heavy atom. The summed E-state index contributed by atoms with van der Waals surface area (Å²) in [6.07, 6.45) is 4.90. The van der Waals surface area contributed by atoms with Crippen LogP contribution in [0.2, 0.25) is 0 Å². The second-order valence-corrected chi connectivity index (χ2v) is 7.06. The second-order valence-electron chi connectivity index (χ2n) is 7.06. The van der Waals surface area contributed by atoms with Gasteiger partial charge in [-0.3, -0.25) is 9.59 Å². The normalized spacial score (nSPS) is 18.1. The number of fused-ring (bicyclic) bond motifs is 1. The Labute approximate surface area is 148 Å². The number of hydrogen-bond donors (Lipinski definition) is 1. The average Bonchev–Trinajstić information content (AvgIpc) is 3.02. The van der Waals surface area contributed by atoms with Crippen molar-refractivity contribution in [2.75, 3.05) is 33.4 Å². The molecule has 3 rings (SSSR count). The van der Waals surface area contributed by atoms with Crippen LogP contribution < -0.4 is 5.32 Å². The lowest BCUT2D eigenvalue weighted by atomic mass is 9.99. The Morgan fingerprint density at radius 2 is 2.00 bits per heavy atom. The van der Waals surface area contributed by atoms with Crippen LogP contribution >= 0.6 is 0 Å². The summed E-state index contributed by atoms with van der Waals surface area (Å²) in [4.78, 5) is 31.8. The molecular formula is C18H28N4O3. The molecule has 7 nitrogen and oxygen atoms in total. The van der Waals surface area contributed by atoms with Crippen LogP contribution in [0.5, 0.6) is 0 Å². The number of rotatable bonds is 5. The molecule has 1 fully saturated rings. The van der Waals surface area contributed by atoms with Crippen molar-refractivity contribution in [2.24, 2.45) is 5.92 Å². The van der Waals surface area contributed by atoms with E-state index in [9.17, 15) is 9.59 Å². The Morgan fingerprint density at radius 1 is 1.24 bits per heavy atom. The number of carbonyl (C=O) groups is 2. The maximum Gasteiger partial charge on any atom is 0.289 e. The number of amides is 2. The summed E-state index contributed by atoms with van der Waals surface area (Å²) in [5.74, 6) is 0.849. The third-order valence-corrected chi connectivity index (χ3v) is 5.19. The van der Waals surface area contributed by atoms with Gasteiger partial charge in [-0.15, -0.1) is 0 Å². The molecule has 3 heterocycles. The second kappa shape index (κ2) is 7.99. The third kappa shape index (κ3) is 3.86. The molecule has 2 aliphatic heterocycles. The summed E-state index contributed by atoms with van der Waals surface area (Å²) in [6.45, 7) is 5.43. The molecule has 1 aromatic heterocycles. The Bertz CT molecular complexity index is 633. The minimum Gasteiger partial charge on any atom is -0.383 e. The smallest absolute Gasteiger partial charge is 0.289 e. The van der Waals surface area contributed by atoms with Gasteiger partial charge in [0.2, 0.25) is 0 Å². The molecule has 1 aromatic rings. The number of piperidine rings is 1. The van der Waals surface area contributed by atoms with E-state index < -0.39 is 0 Å². The van der Waals surface area contributed by atoms with Crippen molar-refractivity contribution in [2.45, 2.75) is 45.6 Å². The zero-order chi connectivity index (χ0) is 17.8. The first-order chi connectivity index (χ1) is 12.1. The molecule has 0 radical (unpaired) electrons. The molecule has 0 spiro atoms. The number of nitrogens with zero attached hydrogens (tertiary/aromatic N) is 3. The first kappa shape index (κ1) is 17.9. The predicted molar refractivity (Wildman–Crippen MR) is 93.7 cm³/mol. The lowest BCUT2D eigenvalue weighted by Gasteiger charge is -2.30. The molecule has 7 heteroatoms. The molecule has 2 amide bonds. The maximum atomic E-state index is 13.0. The molecule has 1 saturated heterocycles. The van der Waals surface area contributed by atoms with Crippen LogP contribution in [0.1, 0.15) is 59.4 Å². The van der Waals surface area contributed by atoms with Gasteiger partial charge >= 0.3 is 0 Å². The van der Waals surface area contributed by atoms with Crippen LogP contribution in [-0.2, 0) is 17.7 Å². The van der Waals surface area contributed by atoms with Gasteiger partial charge in [0.25, 0.3) is 11.8 Å². The lowest BCUT2D eigenvalue weighted by molar-refractivity contribution is 0.0678. The van der Waals surface area contributed by atoms with Gasteiger partial charge in [0, 0.05) is 33.3 Å². The predicted octanol–water partition coefficient (Wildman–Crippen LogP) is 1.47. The van der Waals surface area contributed by atoms with E-state index in [0.29, 0.717) is 30.6 Å². The maximum absolute atomic E-state index is 13.0. The Hall–Kier alpha value is -1.89. The van der Waals surface area contributed by atoms with Crippen molar-refractivity contribution in [1.82, 2.24) is 19.8 Å². The van der Waals surface area contributed by atoms with Gasteiger partial charge in [0.15, 0.2) is 5.82 Å². The van der Waals surface area contributed by atoms with E-state index in [-0.39, 0.29) is 11.8 Å². The molecule has 1 N–H and O–H groups in total. The molecule has 0 aliphatic carbocycles. The van der Waals surface area contributed by atoms with Gasteiger partial charge in [-0.05, 0) is 38.0 Å². The van der Waals surface area contributed by atoms with Crippen molar-refractivity contribution >= 4 is 11.8 Å². The number of likely N-dealkylation sites (tertiary alicyclic amines) is 1. The fourth-order valence-corrected chi connectivity index (χ4v) is 3.59. The summed E-state index contributed by atoms with van der Waals surface area (Å²) >= 11 is 0. The van der Waals surface area contributed by atoms with Crippen LogP contribution in [0, 0.1) is 5.92 Å². The Balaban J connectivity index is 1.82. The van der Waals surface area contributed by atoms with Crippen LogP contribution in [-0.4, -0.2) is 59.6 Å². The van der Waals surface area contributed by atoms with Crippen LogP contribution in [0.25, 0.3) is 0 Å². The van der Waals surface area contributed by atoms with Crippen LogP contribution in [0.3, 0.4) is 0 Å². The number of carbonyl (C=O) groups excluding carboxylic acids is 2. The molecule has 0 atom stereocenters. The van der Waals surface area contributed by atoms with Gasteiger partial charge in [0.1, 0.15) is 5.69 Å². The molecular weight excluding hydrogens is 320 g/mol. The first-order valence-electron chi connectivity index (χ1n) is 9.27. The fraction of sp³-hybridized carbons (Fsp3) is 0.722. The fourth-order valence-electron chi connectivity index (χ4n) is 3.59. The quantitative estimate of drug-likeness (QED) is 0.818. The molecule has 2 aliphatic rings. The summed E-state index contributed by atoms with van der Waals surface area (Å²) in [6, 6.07) is 0. The Kier molecular flexibility index (Phi) is 5.73. The highest BCUT2D eigenvalue weighted by Crippen LogP contribution is 2.24. The number of ether oxygens (including phenoxy) is 1. The summed E-state index contributed by atoms with van der Waals surface area (Å²) in [7, 11) is 1.60. The number of aromatic nitrogens is 2. The summed E-state index contributed by atoms with van der Waals surface area (Å²) in [5.41, 5.74) is 1.31. The van der Waals surface area contributed by atoms with E-state index in [1.54, 1.807) is 7.11 Å². The summed E-state index contributed by atoms with van der Waals surface area (Å²) in [5, 5.41) is 2.82. The standard InChI is InChI=1S/C18H28N4O3/c1-13-6-10-21(11-7-13)18(24)16-20-15(17(23)19-8-12-25-2)14-5-3-4-9-22(14)16/h13H,3-12H2,1-2H3,(H,19,23). The van der Waals surface area contributed by atoms with Gasteiger partial charge in [-0.25, -0.2) is 4.98 Å². The molecule has 25 heavy (non-hydrogen) atoms. The molecule has 0 bridgehead atoms. The highest BCUT2D eigenvalue weighted by Gasteiger charge is 2.30. The molecule has 0 saturated carbocycles. The van der Waals surface area contributed by atoms with Gasteiger partial charge < -0.3 is 19.5 Å². The third-order valence-electron chi connectivity index (χ3n) is 5.19. The van der Waals surface area contributed by atoms with Gasteiger partial charge in [-0.2, -0.15) is 0 Å². The van der Waals surface area contributed by atoms with E-state index in [0.717, 1.165) is 57.4 Å². The number of methoxy groups -OCH3 is 1. The van der Waals surface area contributed by atoms with Crippen LogP contribution in [0.4, 0.5) is 0 Å². The zero-order valence-electron chi connectivity index (χ0n) is 15.2. The number of nitrogens with one attached hydrogen (secondary N) is 1. The van der Waals surface area contributed by atoms with Crippen molar-refractivity contribution in [3.63, 3.8) is 0 Å². The topological polar surface area (TPSA) is 76.5 Å². The zero-order valence-corrected chi connectivity index (χ0v) is 15.2. The largest absolute Gasteiger partial charge is 0.383 e. The minimum absolute atomic E-state index is 0.0361. The monoisotopic (exact) mass is 348 g/mol. The lowest BCUT2D eigenvalue weighted by Crippen LogP contribution is -2.39.